The van der Waals surface area contributed by atoms with E-state index in [9.17, 15) is 0 Å². The first-order valence-corrected chi connectivity index (χ1v) is 3.79. The van der Waals surface area contributed by atoms with Crippen molar-refractivity contribution in [2.45, 2.75) is 12.8 Å². The number of benzene rings is 1. The predicted octanol–water partition coefficient (Wildman–Crippen LogP) is 2.46. The molecule has 0 amide bonds. The SMILES string of the molecule is [CH2-]CCc1cccc(OC)c1. The van der Waals surface area contributed by atoms with Gasteiger partial charge in [-0.15, -0.1) is 0 Å². The quantitative estimate of drug-likeness (QED) is 0.600. The Bertz CT molecular complexity index is 218. The Morgan fingerprint density at radius 1 is 1.45 bits per heavy atom. The highest BCUT2D eigenvalue weighted by molar-refractivity contribution is 5.28. The summed E-state index contributed by atoms with van der Waals surface area (Å²) in [5.74, 6) is 0.927. The average molecular weight is 149 g/mol. The lowest BCUT2D eigenvalue weighted by molar-refractivity contribution is 0.414. The summed E-state index contributed by atoms with van der Waals surface area (Å²) < 4.78 is 5.08. The Hall–Kier alpha value is -0.980. The van der Waals surface area contributed by atoms with Crippen LogP contribution in [-0.2, 0) is 6.42 Å². The van der Waals surface area contributed by atoms with Gasteiger partial charge in [0.05, 0.1) is 7.11 Å². The third-order valence-corrected chi connectivity index (χ3v) is 1.60. The first-order valence-electron chi connectivity index (χ1n) is 3.79. The fourth-order valence-corrected chi connectivity index (χ4v) is 1.03. The highest BCUT2D eigenvalue weighted by Crippen LogP contribution is 2.13. The maximum absolute atomic E-state index is 5.08. The molecule has 0 heterocycles. The Kier molecular flexibility index (Phi) is 2.96. The van der Waals surface area contributed by atoms with Crippen molar-refractivity contribution >= 4 is 0 Å². The average Bonchev–Trinajstić information content (AvgIpc) is 2.06. The van der Waals surface area contributed by atoms with E-state index in [0.717, 1.165) is 18.6 Å². The van der Waals surface area contributed by atoms with E-state index in [1.165, 1.54) is 5.56 Å². The summed E-state index contributed by atoms with van der Waals surface area (Å²) in [5.41, 5.74) is 1.29. The number of aryl methyl sites for hydroxylation is 1. The van der Waals surface area contributed by atoms with Crippen molar-refractivity contribution in [2.24, 2.45) is 0 Å². The van der Waals surface area contributed by atoms with Crippen molar-refractivity contribution in [3.05, 3.63) is 36.8 Å². The third kappa shape index (κ3) is 2.26. The molecule has 0 saturated carbocycles. The van der Waals surface area contributed by atoms with Crippen LogP contribution in [0.2, 0.25) is 0 Å². The maximum Gasteiger partial charge on any atom is 0.119 e. The number of rotatable bonds is 3. The summed E-state index contributed by atoms with van der Waals surface area (Å²) in [7, 11) is 1.68. The Morgan fingerprint density at radius 2 is 2.27 bits per heavy atom. The van der Waals surface area contributed by atoms with Crippen LogP contribution in [0, 0.1) is 6.92 Å². The van der Waals surface area contributed by atoms with Crippen LogP contribution >= 0.6 is 0 Å². The number of hydrogen-bond donors (Lipinski definition) is 0. The van der Waals surface area contributed by atoms with Crippen LogP contribution < -0.4 is 4.74 Å². The molecule has 60 valence electrons. The molecule has 0 aliphatic carbocycles. The van der Waals surface area contributed by atoms with Crippen LogP contribution in [0.15, 0.2) is 24.3 Å². The molecule has 0 unspecified atom stereocenters. The Morgan fingerprint density at radius 3 is 2.91 bits per heavy atom. The summed E-state index contributed by atoms with van der Waals surface area (Å²) in [6, 6.07) is 8.09. The molecule has 0 fully saturated rings. The van der Waals surface area contributed by atoms with Gasteiger partial charge in [0, 0.05) is 0 Å². The third-order valence-electron chi connectivity index (χ3n) is 1.60. The first-order chi connectivity index (χ1) is 5.36. The summed E-state index contributed by atoms with van der Waals surface area (Å²) in [6.45, 7) is 3.80. The van der Waals surface area contributed by atoms with E-state index in [0.29, 0.717) is 0 Å². The fourth-order valence-electron chi connectivity index (χ4n) is 1.03. The van der Waals surface area contributed by atoms with E-state index in [1.54, 1.807) is 7.11 Å². The highest BCUT2D eigenvalue weighted by Gasteiger charge is 1.91. The lowest BCUT2D eigenvalue weighted by atomic mass is 10.1. The standard InChI is InChI=1S/C10H13O/c1-3-5-9-6-4-7-10(8-9)11-2/h4,6-8H,1,3,5H2,2H3/q-1. The topological polar surface area (TPSA) is 9.23 Å². The summed E-state index contributed by atoms with van der Waals surface area (Å²) in [4.78, 5) is 0. The molecule has 0 radical (unpaired) electrons. The van der Waals surface area contributed by atoms with Gasteiger partial charge in [-0.3, -0.25) is 0 Å². The summed E-state index contributed by atoms with van der Waals surface area (Å²) >= 11 is 0. The monoisotopic (exact) mass is 149 g/mol. The lowest BCUT2D eigenvalue weighted by Crippen LogP contribution is -1.86. The normalized spacial score (nSPS) is 9.64. The fraction of sp³-hybridized carbons (Fsp3) is 0.300. The van der Waals surface area contributed by atoms with E-state index in [1.807, 2.05) is 18.2 Å². The van der Waals surface area contributed by atoms with Gasteiger partial charge in [0.15, 0.2) is 0 Å². The second-order valence-corrected chi connectivity index (χ2v) is 2.46. The molecule has 0 saturated heterocycles. The van der Waals surface area contributed by atoms with E-state index in [-0.39, 0.29) is 0 Å². The molecule has 0 aromatic heterocycles. The largest absolute Gasteiger partial charge is 0.497 e. The van der Waals surface area contributed by atoms with Crippen LogP contribution in [0.1, 0.15) is 12.0 Å². The van der Waals surface area contributed by atoms with E-state index >= 15 is 0 Å². The lowest BCUT2D eigenvalue weighted by Gasteiger charge is -2.03. The minimum atomic E-state index is 0.927. The van der Waals surface area contributed by atoms with Gasteiger partial charge in [0.1, 0.15) is 5.75 Å². The molecular weight excluding hydrogens is 136 g/mol. The van der Waals surface area contributed by atoms with Gasteiger partial charge < -0.3 is 11.7 Å². The summed E-state index contributed by atoms with van der Waals surface area (Å²) in [5, 5.41) is 0. The van der Waals surface area contributed by atoms with Crippen LogP contribution in [0.3, 0.4) is 0 Å². The van der Waals surface area contributed by atoms with Crippen LogP contribution in [0.25, 0.3) is 0 Å². The molecule has 0 atom stereocenters. The maximum atomic E-state index is 5.08. The molecule has 0 aliphatic rings. The van der Waals surface area contributed by atoms with E-state index in [4.69, 9.17) is 4.74 Å². The Labute approximate surface area is 68.0 Å². The van der Waals surface area contributed by atoms with Crippen LogP contribution in [-0.4, -0.2) is 7.11 Å². The van der Waals surface area contributed by atoms with Gasteiger partial charge >= 0.3 is 0 Å². The second kappa shape index (κ2) is 4.02. The molecule has 1 aromatic rings. The van der Waals surface area contributed by atoms with Crippen molar-refractivity contribution in [2.75, 3.05) is 7.11 Å². The van der Waals surface area contributed by atoms with Gasteiger partial charge in [-0.25, -0.2) is 0 Å². The van der Waals surface area contributed by atoms with Gasteiger partial charge in [0.2, 0.25) is 0 Å². The van der Waals surface area contributed by atoms with Crippen LogP contribution in [0.5, 0.6) is 5.75 Å². The molecule has 1 heteroatoms. The highest BCUT2D eigenvalue weighted by atomic mass is 16.5. The minimum Gasteiger partial charge on any atom is -0.497 e. The molecule has 0 N–H and O–H groups in total. The van der Waals surface area contributed by atoms with Gasteiger partial charge in [-0.05, 0) is 17.7 Å². The number of hydrogen-bond acceptors (Lipinski definition) is 1. The molecule has 1 nitrogen and oxygen atoms in total. The smallest absolute Gasteiger partial charge is 0.119 e. The van der Waals surface area contributed by atoms with Crippen molar-refractivity contribution < 1.29 is 4.74 Å². The van der Waals surface area contributed by atoms with Crippen LogP contribution in [0.4, 0.5) is 0 Å². The second-order valence-electron chi connectivity index (χ2n) is 2.46. The van der Waals surface area contributed by atoms with Crippen molar-refractivity contribution in [3.8, 4) is 5.75 Å². The minimum absolute atomic E-state index is 0.927. The molecule has 0 aliphatic heterocycles. The number of methoxy groups -OCH3 is 1. The van der Waals surface area contributed by atoms with Gasteiger partial charge in [-0.2, -0.15) is 6.42 Å². The molecule has 1 rings (SSSR count). The van der Waals surface area contributed by atoms with Gasteiger partial charge in [-0.1, -0.05) is 18.6 Å². The molecule has 11 heavy (non-hydrogen) atoms. The van der Waals surface area contributed by atoms with E-state index in [2.05, 4.69) is 13.0 Å². The summed E-state index contributed by atoms with van der Waals surface area (Å²) in [6.07, 6.45) is 1.96. The van der Waals surface area contributed by atoms with E-state index < -0.39 is 0 Å². The molecule has 0 spiro atoms. The predicted molar refractivity (Wildman–Crippen MR) is 46.7 cm³/mol. The number of ether oxygens (including phenoxy) is 1. The van der Waals surface area contributed by atoms with Crippen molar-refractivity contribution in [3.63, 3.8) is 0 Å². The van der Waals surface area contributed by atoms with Gasteiger partial charge in [0.25, 0.3) is 0 Å². The zero-order valence-corrected chi connectivity index (χ0v) is 6.84. The molecular formula is C10H13O-. The Balaban J connectivity index is 2.74. The zero-order chi connectivity index (χ0) is 8.10. The van der Waals surface area contributed by atoms with Crippen molar-refractivity contribution in [1.29, 1.82) is 0 Å². The zero-order valence-electron chi connectivity index (χ0n) is 6.84. The first kappa shape index (κ1) is 8.12. The molecule has 0 bridgehead atoms. The molecule has 1 aromatic carbocycles. The van der Waals surface area contributed by atoms with Crippen molar-refractivity contribution in [1.82, 2.24) is 0 Å².